The summed E-state index contributed by atoms with van der Waals surface area (Å²) in [5.41, 5.74) is 1.17. The maximum atomic E-state index is 12.6. The van der Waals surface area contributed by atoms with Crippen molar-refractivity contribution < 1.29 is 17.9 Å². The first-order valence-corrected chi connectivity index (χ1v) is 12.8. The molecule has 7 nitrogen and oxygen atoms in total. The molecule has 0 spiro atoms. The van der Waals surface area contributed by atoms with E-state index in [9.17, 15) is 13.2 Å². The Bertz CT molecular complexity index is 1070. The van der Waals surface area contributed by atoms with Gasteiger partial charge < -0.3 is 9.64 Å². The fourth-order valence-corrected chi connectivity index (χ4v) is 5.03. The molecule has 178 valence electrons. The largest absolute Gasteiger partial charge is 0.482 e. The van der Waals surface area contributed by atoms with Crippen molar-refractivity contribution in [2.45, 2.75) is 24.8 Å². The second-order valence-corrected chi connectivity index (χ2v) is 10.3. The van der Waals surface area contributed by atoms with E-state index in [2.05, 4.69) is 33.9 Å². The third-order valence-corrected chi connectivity index (χ3v) is 7.11. The van der Waals surface area contributed by atoms with Gasteiger partial charge in [-0.1, -0.05) is 54.1 Å². The SMILES string of the molecule is CC(C)NS(=O)(=O)c1ccc(OCC(=O)N2CCN(C/C=C/c3ccccc3)CC2)c(Cl)c1. The second kappa shape index (κ2) is 11.7. The molecule has 2 aromatic carbocycles. The number of benzene rings is 2. The number of carbonyl (C=O) groups excluding carboxylic acids is 1. The lowest BCUT2D eigenvalue weighted by Crippen LogP contribution is -2.49. The fraction of sp³-hybridized carbons (Fsp3) is 0.375. The van der Waals surface area contributed by atoms with Crippen molar-refractivity contribution in [1.29, 1.82) is 0 Å². The molecule has 33 heavy (non-hydrogen) atoms. The number of carbonyl (C=O) groups is 1. The van der Waals surface area contributed by atoms with E-state index in [4.69, 9.17) is 16.3 Å². The number of nitrogens with zero attached hydrogens (tertiary/aromatic N) is 2. The van der Waals surface area contributed by atoms with Crippen molar-refractivity contribution in [3.8, 4) is 5.75 Å². The summed E-state index contributed by atoms with van der Waals surface area (Å²) >= 11 is 6.20. The van der Waals surface area contributed by atoms with Crippen molar-refractivity contribution in [2.24, 2.45) is 0 Å². The van der Waals surface area contributed by atoms with Crippen LogP contribution < -0.4 is 9.46 Å². The molecular weight excluding hydrogens is 462 g/mol. The third kappa shape index (κ3) is 7.57. The second-order valence-electron chi connectivity index (χ2n) is 8.15. The van der Waals surface area contributed by atoms with E-state index in [1.165, 1.54) is 23.8 Å². The van der Waals surface area contributed by atoms with Gasteiger partial charge in [0.05, 0.1) is 9.92 Å². The van der Waals surface area contributed by atoms with Gasteiger partial charge in [-0.25, -0.2) is 13.1 Å². The number of amides is 1. The topological polar surface area (TPSA) is 78.9 Å². The Kier molecular flexibility index (Phi) is 8.91. The highest BCUT2D eigenvalue weighted by atomic mass is 35.5. The lowest BCUT2D eigenvalue weighted by atomic mass is 10.2. The predicted octanol–water partition coefficient (Wildman–Crippen LogP) is 3.26. The predicted molar refractivity (Wildman–Crippen MR) is 131 cm³/mol. The number of nitrogens with one attached hydrogen (secondary N) is 1. The van der Waals surface area contributed by atoms with E-state index < -0.39 is 10.0 Å². The van der Waals surface area contributed by atoms with Crippen LogP contribution in [0.15, 0.2) is 59.5 Å². The maximum absolute atomic E-state index is 12.6. The molecule has 9 heteroatoms. The van der Waals surface area contributed by atoms with Crippen LogP contribution in [0.2, 0.25) is 5.02 Å². The molecule has 1 aliphatic heterocycles. The normalized spacial score (nSPS) is 15.3. The van der Waals surface area contributed by atoms with Crippen molar-refractivity contribution in [3.05, 3.63) is 65.2 Å². The Balaban J connectivity index is 1.45. The molecule has 1 fully saturated rings. The zero-order valence-electron chi connectivity index (χ0n) is 18.9. The Labute approximate surface area is 201 Å². The minimum Gasteiger partial charge on any atom is -0.482 e. The Morgan fingerprint density at radius 3 is 2.45 bits per heavy atom. The van der Waals surface area contributed by atoms with Crippen molar-refractivity contribution in [1.82, 2.24) is 14.5 Å². The standard InChI is InChI=1S/C24H30ClN3O4S/c1-19(2)26-33(30,31)21-10-11-23(22(25)17-21)32-18-24(29)28-15-13-27(14-16-28)12-6-9-20-7-4-3-5-8-20/h3-11,17,19,26H,12-16,18H2,1-2H3/b9-6+. The summed E-state index contributed by atoms with van der Waals surface area (Å²) in [7, 11) is -3.65. The minimum atomic E-state index is -3.65. The molecule has 2 aromatic rings. The van der Waals surface area contributed by atoms with Crippen LogP contribution in [0.25, 0.3) is 6.08 Å². The molecule has 0 aromatic heterocycles. The van der Waals surface area contributed by atoms with Gasteiger partial charge in [-0.05, 0) is 37.6 Å². The summed E-state index contributed by atoms with van der Waals surface area (Å²) in [5.74, 6) is 0.155. The van der Waals surface area contributed by atoms with Crippen LogP contribution in [0.1, 0.15) is 19.4 Å². The average molecular weight is 492 g/mol. The lowest BCUT2D eigenvalue weighted by Gasteiger charge is -2.34. The molecule has 1 aliphatic rings. The monoisotopic (exact) mass is 491 g/mol. The first kappa shape index (κ1) is 25.2. The van der Waals surface area contributed by atoms with Crippen LogP contribution in [-0.2, 0) is 14.8 Å². The van der Waals surface area contributed by atoms with Gasteiger partial charge in [0.15, 0.2) is 6.61 Å². The molecule has 1 saturated heterocycles. The van der Waals surface area contributed by atoms with Crippen LogP contribution in [0.4, 0.5) is 0 Å². The zero-order chi connectivity index (χ0) is 23.8. The quantitative estimate of drug-likeness (QED) is 0.582. The summed E-state index contributed by atoms with van der Waals surface area (Å²) < 4.78 is 32.6. The molecule has 0 unspecified atom stereocenters. The van der Waals surface area contributed by atoms with E-state index in [0.717, 1.165) is 19.6 Å². The van der Waals surface area contributed by atoms with E-state index in [-0.39, 0.29) is 34.2 Å². The lowest BCUT2D eigenvalue weighted by molar-refractivity contribution is -0.135. The zero-order valence-corrected chi connectivity index (χ0v) is 20.5. The molecule has 3 rings (SSSR count). The number of ether oxygens (including phenoxy) is 1. The van der Waals surface area contributed by atoms with Crippen LogP contribution in [0.5, 0.6) is 5.75 Å². The van der Waals surface area contributed by atoms with Crippen LogP contribution in [0, 0.1) is 0 Å². The molecule has 0 atom stereocenters. The molecule has 0 radical (unpaired) electrons. The number of hydrogen-bond donors (Lipinski definition) is 1. The Morgan fingerprint density at radius 1 is 1.12 bits per heavy atom. The van der Waals surface area contributed by atoms with E-state index in [0.29, 0.717) is 13.1 Å². The summed E-state index contributed by atoms with van der Waals surface area (Å²) in [6.45, 7) is 7.02. The summed E-state index contributed by atoms with van der Waals surface area (Å²) in [5, 5.41) is 0.143. The van der Waals surface area contributed by atoms with E-state index in [1.54, 1.807) is 18.7 Å². The van der Waals surface area contributed by atoms with Crippen molar-refractivity contribution in [2.75, 3.05) is 39.3 Å². The van der Waals surface area contributed by atoms with E-state index >= 15 is 0 Å². The van der Waals surface area contributed by atoms with Gasteiger partial charge >= 0.3 is 0 Å². The molecule has 1 heterocycles. The highest BCUT2D eigenvalue weighted by molar-refractivity contribution is 7.89. The first-order chi connectivity index (χ1) is 15.7. The first-order valence-electron chi connectivity index (χ1n) is 10.9. The van der Waals surface area contributed by atoms with Gasteiger partial charge in [0.1, 0.15) is 5.75 Å². The fourth-order valence-electron chi connectivity index (χ4n) is 3.46. The molecule has 1 amide bonds. The van der Waals surface area contributed by atoms with Gasteiger partial charge in [0, 0.05) is 38.8 Å². The number of rotatable bonds is 9. The van der Waals surface area contributed by atoms with Gasteiger partial charge in [-0.2, -0.15) is 0 Å². The maximum Gasteiger partial charge on any atom is 0.260 e. The highest BCUT2D eigenvalue weighted by Gasteiger charge is 2.22. The van der Waals surface area contributed by atoms with Gasteiger partial charge in [0.2, 0.25) is 10.0 Å². The van der Waals surface area contributed by atoms with Crippen molar-refractivity contribution >= 4 is 33.6 Å². The van der Waals surface area contributed by atoms with Crippen LogP contribution >= 0.6 is 11.6 Å². The smallest absolute Gasteiger partial charge is 0.260 e. The molecule has 0 bridgehead atoms. The molecular formula is C24H30ClN3O4S. The van der Waals surface area contributed by atoms with E-state index in [1.807, 2.05) is 18.2 Å². The van der Waals surface area contributed by atoms with Crippen LogP contribution in [-0.4, -0.2) is 69.5 Å². The number of sulfonamides is 1. The highest BCUT2D eigenvalue weighted by Crippen LogP contribution is 2.27. The van der Waals surface area contributed by atoms with Gasteiger partial charge in [0.25, 0.3) is 5.91 Å². The molecule has 0 saturated carbocycles. The third-order valence-electron chi connectivity index (χ3n) is 5.15. The summed E-state index contributed by atoms with van der Waals surface area (Å²) in [6, 6.07) is 14.1. The summed E-state index contributed by atoms with van der Waals surface area (Å²) in [4.78, 5) is 16.7. The molecule has 1 N–H and O–H groups in total. The number of halogens is 1. The average Bonchev–Trinajstić information content (AvgIpc) is 2.78. The van der Waals surface area contributed by atoms with Crippen molar-refractivity contribution in [3.63, 3.8) is 0 Å². The Hall–Kier alpha value is -2.39. The van der Waals surface area contributed by atoms with Crippen LogP contribution in [0.3, 0.4) is 0 Å². The number of hydrogen-bond acceptors (Lipinski definition) is 5. The summed E-state index contributed by atoms with van der Waals surface area (Å²) in [6.07, 6.45) is 4.24. The van der Waals surface area contributed by atoms with Gasteiger partial charge in [-0.3, -0.25) is 9.69 Å². The molecule has 0 aliphatic carbocycles. The Morgan fingerprint density at radius 2 is 1.82 bits per heavy atom. The number of piperazine rings is 1. The van der Waals surface area contributed by atoms with Gasteiger partial charge in [-0.15, -0.1) is 0 Å². The minimum absolute atomic E-state index is 0.0531.